The molecule has 0 fully saturated rings. The van der Waals surface area contributed by atoms with E-state index >= 15 is 0 Å². The maximum atomic E-state index is 10.4. The smallest absolute Gasteiger partial charge is 0.303 e. The van der Waals surface area contributed by atoms with Crippen LogP contribution < -0.4 is 0 Å². The summed E-state index contributed by atoms with van der Waals surface area (Å²) in [4.78, 5) is 11.7. The standard InChI is InChI=1S/C11H13N3O2S/c15-11(16)4-3-9-8-14(13-12-9)6-5-10-2-1-7-17-10/h1-2,7-8H,3-6H2,(H,15,16). The third kappa shape index (κ3) is 3.67. The van der Waals surface area contributed by atoms with E-state index < -0.39 is 5.97 Å². The van der Waals surface area contributed by atoms with Gasteiger partial charge in [0.15, 0.2) is 0 Å². The minimum atomic E-state index is -0.807. The summed E-state index contributed by atoms with van der Waals surface area (Å²) in [6, 6.07) is 4.12. The van der Waals surface area contributed by atoms with Crippen molar-refractivity contribution in [2.24, 2.45) is 0 Å². The summed E-state index contributed by atoms with van der Waals surface area (Å²) in [6.07, 6.45) is 3.29. The first-order chi connectivity index (χ1) is 8.24. The highest BCUT2D eigenvalue weighted by molar-refractivity contribution is 7.09. The fourth-order valence-electron chi connectivity index (χ4n) is 1.48. The van der Waals surface area contributed by atoms with Crippen LogP contribution in [0.5, 0.6) is 0 Å². The summed E-state index contributed by atoms with van der Waals surface area (Å²) in [6.45, 7) is 0.778. The molecule has 2 aromatic heterocycles. The molecular formula is C11H13N3O2S. The van der Waals surface area contributed by atoms with Gasteiger partial charge < -0.3 is 5.11 Å². The van der Waals surface area contributed by atoms with E-state index in [9.17, 15) is 4.79 Å². The van der Waals surface area contributed by atoms with Crippen molar-refractivity contribution in [2.75, 3.05) is 0 Å². The normalized spacial score (nSPS) is 10.6. The molecule has 0 aliphatic heterocycles. The Bertz CT molecular complexity index is 479. The largest absolute Gasteiger partial charge is 0.481 e. The molecular weight excluding hydrogens is 238 g/mol. The highest BCUT2D eigenvalue weighted by atomic mass is 32.1. The number of aryl methyl sites for hydroxylation is 3. The van der Waals surface area contributed by atoms with Gasteiger partial charge in [0.25, 0.3) is 0 Å². The lowest BCUT2D eigenvalue weighted by atomic mass is 10.2. The van der Waals surface area contributed by atoms with Crippen LogP contribution in [0.2, 0.25) is 0 Å². The highest BCUT2D eigenvalue weighted by Crippen LogP contribution is 2.10. The molecule has 0 bridgehead atoms. The van der Waals surface area contributed by atoms with Gasteiger partial charge in [-0.15, -0.1) is 16.4 Å². The van der Waals surface area contributed by atoms with Crippen molar-refractivity contribution in [1.29, 1.82) is 0 Å². The zero-order chi connectivity index (χ0) is 12.1. The van der Waals surface area contributed by atoms with Gasteiger partial charge in [-0.2, -0.15) is 0 Å². The molecule has 6 heteroatoms. The van der Waals surface area contributed by atoms with Gasteiger partial charge in [-0.25, -0.2) is 0 Å². The van der Waals surface area contributed by atoms with E-state index in [4.69, 9.17) is 5.11 Å². The van der Waals surface area contributed by atoms with E-state index in [-0.39, 0.29) is 6.42 Å². The van der Waals surface area contributed by atoms with E-state index in [0.29, 0.717) is 6.42 Å². The Balaban J connectivity index is 1.83. The first-order valence-corrected chi connectivity index (χ1v) is 6.25. The van der Waals surface area contributed by atoms with Gasteiger partial charge in [0.2, 0.25) is 0 Å². The first-order valence-electron chi connectivity index (χ1n) is 5.37. The molecule has 5 nitrogen and oxygen atoms in total. The molecule has 2 rings (SSSR count). The molecule has 0 spiro atoms. The molecule has 0 aromatic carbocycles. The van der Waals surface area contributed by atoms with Crippen LogP contribution in [0.3, 0.4) is 0 Å². The molecule has 0 saturated carbocycles. The molecule has 0 aliphatic carbocycles. The average Bonchev–Trinajstić information content (AvgIpc) is 2.95. The second-order valence-corrected chi connectivity index (χ2v) is 4.73. The van der Waals surface area contributed by atoms with Gasteiger partial charge in [-0.05, 0) is 11.4 Å². The Labute approximate surface area is 103 Å². The third-order valence-corrected chi connectivity index (χ3v) is 3.28. The van der Waals surface area contributed by atoms with E-state index in [2.05, 4.69) is 21.8 Å². The Morgan fingerprint density at radius 1 is 1.47 bits per heavy atom. The Kier molecular flexibility index (Phi) is 3.87. The fourth-order valence-corrected chi connectivity index (χ4v) is 2.18. The number of hydrogen-bond donors (Lipinski definition) is 1. The summed E-state index contributed by atoms with van der Waals surface area (Å²) in [5.74, 6) is -0.807. The lowest BCUT2D eigenvalue weighted by molar-refractivity contribution is -0.136. The van der Waals surface area contributed by atoms with E-state index in [1.165, 1.54) is 4.88 Å². The van der Waals surface area contributed by atoms with Crippen LogP contribution in [-0.2, 0) is 24.2 Å². The van der Waals surface area contributed by atoms with Crippen molar-refractivity contribution < 1.29 is 9.90 Å². The van der Waals surface area contributed by atoms with Crippen LogP contribution in [-0.4, -0.2) is 26.1 Å². The van der Waals surface area contributed by atoms with Crippen molar-refractivity contribution in [2.45, 2.75) is 25.8 Å². The average molecular weight is 251 g/mol. The van der Waals surface area contributed by atoms with E-state index in [1.54, 1.807) is 16.0 Å². The maximum absolute atomic E-state index is 10.4. The van der Waals surface area contributed by atoms with Crippen LogP contribution in [0.15, 0.2) is 23.7 Å². The summed E-state index contributed by atoms with van der Waals surface area (Å²) < 4.78 is 1.76. The Morgan fingerprint density at radius 2 is 2.35 bits per heavy atom. The van der Waals surface area contributed by atoms with Crippen molar-refractivity contribution in [1.82, 2.24) is 15.0 Å². The number of carboxylic acids is 1. The second-order valence-electron chi connectivity index (χ2n) is 3.70. The van der Waals surface area contributed by atoms with Gasteiger partial charge in [0.05, 0.1) is 12.1 Å². The van der Waals surface area contributed by atoms with Gasteiger partial charge in [-0.3, -0.25) is 9.48 Å². The number of nitrogens with zero attached hydrogens (tertiary/aromatic N) is 3. The molecule has 17 heavy (non-hydrogen) atoms. The zero-order valence-corrected chi connectivity index (χ0v) is 10.1. The molecule has 90 valence electrons. The number of aromatic nitrogens is 3. The number of thiophene rings is 1. The molecule has 0 unspecified atom stereocenters. The van der Waals surface area contributed by atoms with Gasteiger partial charge in [0, 0.05) is 30.5 Å². The van der Waals surface area contributed by atoms with Crippen molar-refractivity contribution in [3.05, 3.63) is 34.3 Å². The summed E-state index contributed by atoms with van der Waals surface area (Å²) in [5.41, 5.74) is 0.735. The maximum Gasteiger partial charge on any atom is 0.303 e. The SMILES string of the molecule is O=C(O)CCc1cn(CCc2cccs2)nn1. The minimum Gasteiger partial charge on any atom is -0.481 e. The van der Waals surface area contributed by atoms with Gasteiger partial charge in [-0.1, -0.05) is 11.3 Å². The molecule has 0 aliphatic rings. The van der Waals surface area contributed by atoms with Crippen molar-refractivity contribution in [3.63, 3.8) is 0 Å². The molecule has 2 heterocycles. The predicted octanol–water partition coefficient (Wildman–Crippen LogP) is 1.60. The summed E-state index contributed by atoms with van der Waals surface area (Å²) >= 11 is 1.72. The number of rotatable bonds is 6. The van der Waals surface area contributed by atoms with Crippen molar-refractivity contribution in [3.8, 4) is 0 Å². The fraction of sp³-hybridized carbons (Fsp3) is 0.364. The van der Waals surface area contributed by atoms with E-state index in [0.717, 1.165) is 18.7 Å². The number of carboxylic acid groups (broad SMARTS) is 1. The topological polar surface area (TPSA) is 68.0 Å². The molecule has 0 atom stereocenters. The summed E-state index contributed by atoms with van der Waals surface area (Å²) in [7, 11) is 0. The number of hydrogen-bond acceptors (Lipinski definition) is 4. The Morgan fingerprint density at radius 3 is 3.06 bits per heavy atom. The molecule has 0 saturated heterocycles. The zero-order valence-electron chi connectivity index (χ0n) is 9.24. The molecule has 0 amide bonds. The molecule has 0 radical (unpaired) electrons. The molecule has 1 N–H and O–H groups in total. The van der Waals surface area contributed by atoms with Crippen LogP contribution in [0.4, 0.5) is 0 Å². The lowest BCUT2D eigenvalue weighted by Crippen LogP contribution is -2.01. The minimum absolute atomic E-state index is 0.101. The number of carbonyl (C=O) groups is 1. The van der Waals surface area contributed by atoms with Crippen molar-refractivity contribution >= 4 is 17.3 Å². The van der Waals surface area contributed by atoms with Crippen LogP contribution >= 0.6 is 11.3 Å². The lowest BCUT2D eigenvalue weighted by Gasteiger charge is -1.97. The summed E-state index contributed by atoms with van der Waals surface area (Å²) in [5, 5.41) is 18.5. The van der Waals surface area contributed by atoms with Gasteiger partial charge in [0.1, 0.15) is 0 Å². The van der Waals surface area contributed by atoms with Gasteiger partial charge >= 0.3 is 5.97 Å². The predicted molar refractivity (Wildman–Crippen MR) is 64.0 cm³/mol. The molecule has 2 aromatic rings. The highest BCUT2D eigenvalue weighted by Gasteiger charge is 2.04. The monoisotopic (exact) mass is 251 g/mol. The number of aliphatic carboxylic acids is 1. The van der Waals surface area contributed by atoms with Crippen LogP contribution in [0.1, 0.15) is 17.0 Å². The first kappa shape index (κ1) is 11.8. The van der Waals surface area contributed by atoms with Crippen LogP contribution in [0.25, 0.3) is 0 Å². The Hall–Kier alpha value is -1.69. The second kappa shape index (κ2) is 5.58. The quantitative estimate of drug-likeness (QED) is 0.846. The third-order valence-electron chi connectivity index (χ3n) is 2.35. The van der Waals surface area contributed by atoms with Crippen LogP contribution in [0, 0.1) is 0 Å². The van der Waals surface area contributed by atoms with E-state index in [1.807, 2.05) is 12.3 Å².